The Morgan fingerprint density at radius 2 is 2.04 bits per heavy atom. The molecule has 5 heteroatoms. The van der Waals surface area contributed by atoms with Crippen molar-refractivity contribution >= 4 is 0 Å². The van der Waals surface area contributed by atoms with E-state index in [-0.39, 0.29) is 5.60 Å². The van der Waals surface area contributed by atoms with Crippen molar-refractivity contribution < 1.29 is 13.9 Å². The lowest BCUT2D eigenvalue weighted by Crippen LogP contribution is -2.50. The first kappa shape index (κ1) is 15.8. The molecule has 1 unspecified atom stereocenters. The minimum Gasteiger partial charge on any atom is -0.439 e. The normalized spacial score (nSPS) is 23.0. The third-order valence-corrected chi connectivity index (χ3v) is 5.23. The van der Waals surface area contributed by atoms with Crippen molar-refractivity contribution in [2.24, 2.45) is 0 Å². The lowest BCUT2D eigenvalue weighted by Gasteiger charge is -2.37. The SMILES string of the molecule is Cc1ccccc1-c1cnc(CNC2CCOC23CCOCC3)o1. The third-order valence-electron chi connectivity index (χ3n) is 5.23. The van der Waals surface area contributed by atoms with E-state index in [4.69, 9.17) is 13.9 Å². The molecule has 0 amide bonds. The highest BCUT2D eigenvalue weighted by Crippen LogP contribution is 2.35. The van der Waals surface area contributed by atoms with Crippen LogP contribution in [-0.2, 0) is 16.0 Å². The number of ether oxygens (including phenoxy) is 2. The summed E-state index contributed by atoms with van der Waals surface area (Å²) in [6, 6.07) is 8.55. The molecule has 0 bridgehead atoms. The molecule has 128 valence electrons. The molecule has 1 spiro atoms. The van der Waals surface area contributed by atoms with Crippen LogP contribution in [0.15, 0.2) is 34.9 Å². The molecule has 2 aliphatic heterocycles. The lowest BCUT2D eigenvalue weighted by atomic mass is 9.86. The van der Waals surface area contributed by atoms with E-state index in [1.54, 1.807) is 0 Å². The number of aromatic nitrogens is 1. The van der Waals surface area contributed by atoms with E-state index in [2.05, 4.69) is 29.4 Å². The fraction of sp³-hybridized carbons (Fsp3) is 0.526. The lowest BCUT2D eigenvalue weighted by molar-refractivity contribution is -0.0887. The Morgan fingerprint density at radius 1 is 1.21 bits per heavy atom. The van der Waals surface area contributed by atoms with E-state index in [1.165, 1.54) is 5.56 Å². The molecule has 1 atom stereocenters. The fourth-order valence-corrected chi connectivity index (χ4v) is 3.82. The van der Waals surface area contributed by atoms with Crippen molar-refractivity contribution in [3.8, 4) is 11.3 Å². The molecule has 24 heavy (non-hydrogen) atoms. The van der Waals surface area contributed by atoms with Crippen molar-refractivity contribution in [3.05, 3.63) is 41.9 Å². The zero-order valence-corrected chi connectivity index (χ0v) is 14.1. The van der Waals surface area contributed by atoms with Gasteiger partial charge in [0.15, 0.2) is 5.76 Å². The Balaban J connectivity index is 1.42. The highest BCUT2D eigenvalue weighted by Gasteiger charge is 2.45. The summed E-state index contributed by atoms with van der Waals surface area (Å²) in [6.45, 7) is 5.10. The van der Waals surface area contributed by atoms with Gasteiger partial charge in [-0.1, -0.05) is 24.3 Å². The Morgan fingerprint density at radius 3 is 2.88 bits per heavy atom. The van der Waals surface area contributed by atoms with Gasteiger partial charge in [-0.3, -0.25) is 0 Å². The van der Waals surface area contributed by atoms with Crippen LogP contribution in [0.5, 0.6) is 0 Å². The zero-order chi connectivity index (χ0) is 16.4. The molecular formula is C19H24N2O3. The highest BCUT2D eigenvalue weighted by atomic mass is 16.5. The van der Waals surface area contributed by atoms with Crippen LogP contribution in [0, 0.1) is 6.92 Å². The smallest absolute Gasteiger partial charge is 0.208 e. The van der Waals surface area contributed by atoms with Gasteiger partial charge < -0.3 is 19.2 Å². The van der Waals surface area contributed by atoms with Gasteiger partial charge in [0.2, 0.25) is 5.89 Å². The van der Waals surface area contributed by atoms with Crippen molar-refractivity contribution in [3.63, 3.8) is 0 Å². The quantitative estimate of drug-likeness (QED) is 0.935. The predicted molar refractivity (Wildman–Crippen MR) is 90.7 cm³/mol. The maximum Gasteiger partial charge on any atom is 0.208 e. The summed E-state index contributed by atoms with van der Waals surface area (Å²) in [5.74, 6) is 1.55. The van der Waals surface area contributed by atoms with Crippen LogP contribution in [0.4, 0.5) is 0 Å². The van der Waals surface area contributed by atoms with Gasteiger partial charge in [0.05, 0.1) is 18.3 Å². The summed E-state index contributed by atoms with van der Waals surface area (Å²) in [4.78, 5) is 4.43. The molecule has 1 N–H and O–H groups in total. The summed E-state index contributed by atoms with van der Waals surface area (Å²) < 4.78 is 17.5. The second-order valence-corrected chi connectivity index (χ2v) is 6.68. The molecule has 2 aliphatic rings. The van der Waals surface area contributed by atoms with Crippen LogP contribution < -0.4 is 5.32 Å². The van der Waals surface area contributed by atoms with E-state index in [0.29, 0.717) is 12.6 Å². The maximum absolute atomic E-state index is 6.08. The van der Waals surface area contributed by atoms with E-state index in [0.717, 1.165) is 56.3 Å². The largest absolute Gasteiger partial charge is 0.439 e. The minimum absolute atomic E-state index is 0.0658. The average molecular weight is 328 g/mol. The molecule has 1 aromatic carbocycles. The fourth-order valence-electron chi connectivity index (χ4n) is 3.82. The molecule has 0 saturated carbocycles. The van der Waals surface area contributed by atoms with Crippen LogP contribution in [0.3, 0.4) is 0 Å². The maximum atomic E-state index is 6.08. The van der Waals surface area contributed by atoms with Gasteiger partial charge in [-0.25, -0.2) is 4.98 Å². The molecule has 0 radical (unpaired) electrons. The van der Waals surface area contributed by atoms with Gasteiger partial charge in [-0.2, -0.15) is 0 Å². The Labute approximate surface area is 142 Å². The van der Waals surface area contributed by atoms with Gasteiger partial charge in [0.1, 0.15) is 0 Å². The van der Waals surface area contributed by atoms with E-state index >= 15 is 0 Å². The van der Waals surface area contributed by atoms with Gasteiger partial charge in [0.25, 0.3) is 0 Å². The number of rotatable bonds is 4. The number of aryl methyl sites for hydroxylation is 1. The first-order valence-electron chi connectivity index (χ1n) is 8.73. The average Bonchev–Trinajstić information content (AvgIpc) is 3.22. The number of hydrogen-bond acceptors (Lipinski definition) is 5. The molecule has 2 saturated heterocycles. The predicted octanol–water partition coefficient (Wildman–Crippen LogP) is 3.08. The second kappa shape index (κ2) is 6.67. The molecule has 2 aromatic rings. The van der Waals surface area contributed by atoms with E-state index in [1.807, 2.05) is 18.3 Å². The van der Waals surface area contributed by atoms with Crippen LogP contribution in [-0.4, -0.2) is 36.4 Å². The number of oxazole rings is 1. The molecule has 4 rings (SSSR count). The summed E-state index contributed by atoms with van der Waals surface area (Å²) in [5, 5.41) is 3.60. The molecule has 1 aromatic heterocycles. The summed E-state index contributed by atoms with van der Waals surface area (Å²) in [6.07, 6.45) is 4.77. The van der Waals surface area contributed by atoms with Crippen LogP contribution in [0.2, 0.25) is 0 Å². The van der Waals surface area contributed by atoms with E-state index < -0.39 is 0 Å². The first-order valence-corrected chi connectivity index (χ1v) is 8.73. The van der Waals surface area contributed by atoms with Crippen molar-refractivity contribution in [2.75, 3.05) is 19.8 Å². The van der Waals surface area contributed by atoms with Crippen molar-refractivity contribution in [2.45, 2.75) is 44.4 Å². The number of nitrogens with one attached hydrogen (secondary N) is 1. The highest BCUT2D eigenvalue weighted by molar-refractivity contribution is 5.60. The molecular weight excluding hydrogens is 304 g/mol. The number of benzene rings is 1. The molecule has 3 heterocycles. The molecule has 5 nitrogen and oxygen atoms in total. The van der Waals surface area contributed by atoms with Crippen molar-refractivity contribution in [1.29, 1.82) is 0 Å². The first-order chi connectivity index (χ1) is 11.8. The number of hydrogen-bond donors (Lipinski definition) is 1. The summed E-state index contributed by atoms with van der Waals surface area (Å²) in [5.41, 5.74) is 2.23. The van der Waals surface area contributed by atoms with Crippen molar-refractivity contribution in [1.82, 2.24) is 10.3 Å². The Kier molecular flexibility index (Phi) is 4.39. The topological polar surface area (TPSA) is 56.5 Å². The Bertz CT molecular complexity index is 691. The molecule has 0 aliphatic carbocycles. The van der Waals surface area contributed by atoms with Crippen LogP contribution >= 0.6 is 0 Å². The van der Waals surface area contributed by atoms with Gasteiger partial charge in [0, 0.05) is 44.3 Å². The van der Waals surface area contributed by atoms with Gasteiger partial charge in [-0.05, 0) is 18.9 Å². The molecule has 2 fully saturated rings. The van der Waals surface area contributed by atoms with Crippen LogP contribution in [0.25, 0.3) is 11.3 Å². The Hall–Kier alpha value is -1.69. The summed E-state index contributed by atoms with van der Waals surface area (Å²) >= 11 is 0. The summed E-state index contributed by atoms with van der Waals surface area (Å²) in [7, 11) is 0. The minimum atomic E-state index is -0.0658. The third kappa shape index (κ3) is 2.99. The standard InChI is InChI=1S/C19H24N2O3/c1-14-4-2-3-5-15(14)16-12-21-18(24-16)13-20-17-6-9-23-19(17)7-10-22-11-8-19/h2-5,12,17,20H,6-11,13H2,1H3. The monoisotopic (exact) mass is 328 g/mol. The second-order valence-electron chi connectivity index (χ2n) is 6.68. The number of nitrogens with zero attached hydrogens (tertiary/aromatic N) is 1. The van der Waals surface area contributed by atoms with E-state index in [9.17, 15) is 0 Å². The zero-order valence-electron chi connectivity index (χ0n) is 14.1. The van der Waals surface area contributed by atoms with Gasteiger partial charge in [-0.15, -0.1) is 0 Å². The van der Waals surface area contributed by atoms with Crippen LogP contribution in [0.1, 0.15) is 30.7 Å². The van der Waals surface area contributed by atoms with Gasteiger partial charge >= 0.3 is 0 Å².